The molecule has 0 bridgehead atoms. The Balaban J connectivity index is 2.15. The molecule has 1 heterocycles. The molecule has 4 nitrogen and oxygen atoms in total. The number of hydrogen-bond donors (Lipinski definition) is 2. The molecule has 0 fully saturated rings. The molecular weight excluding hydrogens is 329 g/mol. The Morgan fingerprint density at radius 3 is 2.82 bits per heavy atom. The van der Waals surface area contributed by atoms with E-state index >= 15 is 0 Å². The Morgan fingerprint density at radius 2 is 2.24 bits per heavy atom. The summed E-state index contributed by atoms with van der Waals surface area (Å²) in [6.07, 6.45) is 1.72. The summed E-state index contributed by atoms with van der Waals surface area (Å²) >= 11 is 2.25. The molecule has 2 aromatic rings. The standard InChI is InChI=1S/C12H14IN3O/c1-7-6-15-12(17-7)8(2)16-11-4-3-9(14)5-10(11)13/h3-6,8,16H,14H2,1-2H3. The fraction of sp³-hybridized carbons (Fsp3) is 0.250. The summed E-state index contributed by atoms with van der Waals surface area (Å²) in [6, 6.07) is 5.79. The average molecular weight is 343 g/mol. The number of nitrogens with one attached hydrogen (secondary N) is 1. The Kier molecular flexibility index (Phi) is 3.56. The third kappa shape index (κ3) is 2.91. The number of benzene rings is 1. The van der Waals surface area contributed by atoms with Crippen LogP contribution in [0.2, 0.25) is 0 Å². The van der Waals surface area contributed by atoms with Gasteiger partial charge in [-0.1, -0.05) is 0 Å². The molecule has 0 saturated heterocycles. The number of aromatic nitrogens is 1. The second-order valence-electron chi connectivity index (χ2n) is 3.91. The van der Waals surface area contributed by atoms with Crippen LogP contribution in [-0.4, -0.2) is 4.98 Å². The minimum atomic E-state index is 0.0286. The first kappa shape index (κ1) is 12.2. The minimum absolute atomic E-state index is 0.0286. The van der Waals surface area contributed by atoms with Crippen LogP contribution in [0.25, 0.3) is 0 Å². The van der Waals surface area contributed by atoms with Crippen LogP contribution < -0.4 is 11.1 Å². The van der Waals surface area contributed by atoms with Gasteiger partial charge in [-0.3, -0.25) is 0 Å². The Hall–Kier alpha value is -1.24. The van der Waals surface area contributed by atoms with E-state index in [1.54, 1.807) is 6.20 Å². The molecule has 5 heteroatoms. The van der Waals surface area contributed by atoms with Crippen molar-refractivity contribution in [2.24, 2.45) is 0 Å². The summed E-state index contributed by atoms with van der Waals surface area (Å²) in [6.45, 7) is 3.90. The van der Waals surface area contributed by atoms with Crippen molar-refractivity contribution in [2.75, 3.05) is 11.1 Å². The molecule has 0 saturated carbocycles. The lowest BCUT2D eigenvalue weighted by molar-refractivity contribution is 0.453. The molecule has 1 aromatic carbocycles. The maximum atomic E-state index is 5.71. The SMILES string of the molecule is Cc1cnc(C(C)Nc2ccc(N)cc2I)o1. The van der Waals surface area contributed by atoms with Gasteiger partial charge < -0.3 is 15.5 Å². The van der Waals surface area contributed by atoms with Crippen molar-refractivity contribution < 1.29 is 4.42 Å². The predicted octanol–water partition coefficient (Wildman–Crippen LogP) is 3.34. The predicted molar refractivity (Wildman–Crippen MR) is 76.8 cm³/mol. The number of nitrogens with two attached hydrogens (primary N) is 1. The maximum Gasteiger partial charge on any atom is 0.216 e. The second kappa shape index (κ2) is 4.95. The molecule has 90 valence electrons. The smallest absolute Gasteiger partial charge is 0.216 e. The fourth-order valence-corrected chi connectivity index (χ4v) is 2.21. The Morgan fingerprint density at radius 1 is 1.47 bits per heavy atom. The number of halogens is 1. The van der Waals surface area contributed by atoms with Gasteiger partial charge in [-0.2, -0.15) is 0 Å². The lowest BCUT2D eigenvalue weighted by atomic mass is 10.2. The van der Waals surface area contributed by atoms with E-state index in [1.807, 2.05) is 32.0 Å². The first-order valence-corrected chi connectivity index (χ1v) is 6.38. The van der Waals surface area contributed by atoms with Crippen molar-refractivity contribution in [1.29, 1.82) is 0 Å². The number of oxazole rings is 1. The zero-order valence-corrected chi connectivity index (χ0v) is 11.9. The normalized spacial score (nSPS) is 12.4. The van der Waals surface area contributed by atoms with E-state index in [4.69, 9.17) is 10.2 Å². The highest BCUT2D eigenvalue weighted by atomic mass is 127. The van der Waals surface area contributed by atoms with E-state index in [9.17, 15) is 0 Å². The quantitative estimate of drug-likeness (QED) is 0.663. The number of aryl methyl sites for hydroxylation is 1. The van der Waals surface area contributed by atoms with E-state index in [0.29, 0.717) is 5.89 Å². The monoisotopic (exact) mass is 343 g/mol. The van der Waals surface area contributed by atoms with E-state index < -0.39 is 0 Å². The van der Waals surface area contributed by atoms with E-state index in [1.165, 1.54) is 0 Å². The molecule has 0 amide bonds. The zero-order valence-electron chi connectivity index (χ0n) is 9.70. The van der Waals surface area contributed by atoms with Crippen LogP contribution in [0, 0.1) is 10.5 Å². The van der Waals surface area contributed by atoms with Gasteiger partial charge in [0.05, 0.1) is 6.20 Å². The Bertz CT molecular complexity index is 524. The van der Waals surface area contributed by atoms with Gasteiger partial charge in [0.2, 0.25) is 5.89 Å². The summed E-state index contributed by atoms with van der Waals surface area (Å²) in [7, 11) is 0. The molecule has 0 radical (unpaired) electrons. The average Bonchev–Trinajstić information content (AvgIpc) is 2.69. The molecule has 1 unspecified atom stereocenters. The third-order valence-corrected chi connectivity index (χ3v) is 3.27. The van der Waals surface area contributed by atoms with Crippen LogP contribution in [0.15, 0.2) is 28.8 Å². The van der Waals surface area contributed by atoms with Crippen LogP contribution in [0.1, 0.15) is 24.6 Å². The van der Waals surface area contributed by atoms with Crippen molar-refractivity contribution >= 4 is 34.0 Å². The summed E-state index contributed by atoms with van der Waals surface area (Å²) in [5.74, 6) is 1.51. The molecule has 1 aromatic heterocycles. The highest BCUT2D eigenvalue weighted by Gasteiger charge is 2.12. The van der Waals surface area contributed by atoms with Crippen molar-refractivity contribution in [3.05, 3.63) is 39.6 Å². The molecule has 0 aliphatic carbocycles. The van der Waals surface area contributed by atoms with Gasteiger partial charge in [0, 0.05) is 14.9 Å². The van der Waals surface area contributed by atoms with Crippen LogP contribution in [0.4, 0.5) is 11.4 Å². The van der Waals surface area contributed by atoms with Gasteiger partial charge in [-0.15, -0.1) is 0 Å². The number of anilines is 2. The summed E-state index contributed by atoms with van der Waals surface area (Å²) in [5.41, 5.74) is 7.50. The molecule has 0 aliphatic rings. The molecule has 3 N–H and O–H groups in total. The molecule has 1 atom stereocenters. The van der Waals surface area contributed by atoms with Gasteiger partial charge in [0.1, 0.15) is 11.8 Å². The molecule has 2 rings (SSSR count). The summed E-state index contributed by atoms with van der Waals surface area (Å²) in [5, 5.41) is 3.35. The minimum Gasteiger partial charge on any atom is -0.444 e. The molecule has 0 spiro atoms. The van der Waals surface area contributed by atoms with Crippen LogP contribution in [-0.2, 0) is 0 Å². The first-order chi connectivity index (χ1) is 8.06. The largest absolute Gasteiger partial charge is 0.444 e. The number of hydrogen-bond acceptors (Lipinski definition) is 4. The lowest BCUT2D eigenvalue weighted by Gasteiger charge is -2.13. The van der Waals surface area contributed by atoms with Gasteiger partial charge in [-0.25, -0.2) is 4.98 Å². The van der Waals surface area contributed by atoms with Crippen LogP contribution >= 0.6 is 22.6 Å². The molecule has 0 aliphatic heterocycles. The number of nitrogens with zero attached hydrogens (tertiary/aromatic N) is 1. The zero-order chi connectivity index (χ0) is 12.4. The van der Waals surface area contributed by atoms with Crippen molar-refractivity contribution in [2.45, 2.75) is 19.9 Å². The van der Waals surface area contributed by atoms with Gasteiger partial charge in [0.25, 0.3) is 0 Å². The highest BCUT2D eigenvalue weighted by molar-refractivity contribution is 14.1. The van der Waals surface area contributed by atoms with Gasteiger partial charge in [-0.05, 0) is 54.6 Å². The van der Waals surface area contributed by atoms with Gasteiger partial charge in [0.15, 0.2) is 0 Å². The number of nitrogen functional groups attached to an aromatic ring is 1. The van der Waals surface area contributed by atoms with Crippen LogP contribution in [0.5, 0.6) is 0 Å². The summed E-state index contributed by atoms with van der Waals surface area (Å²) < 4.78 is 6.56. The highest BCUT2D eigenvalue weighted by Crippen LogP contribution is 2.25. The Labute approximate surface area is 114 Å². The van der Waals surface area contributed by atoms with Crippen molar-refractivity contribution in [1.82, 2.24) is 4.98 Å². The van der Waals surface area contributed by atoms with E-state index in [2.05, 4.69) is 32.9 Å². The van der Waals surface area contributed by atoms with Crippen molar-refractivity contribution in [3.8, 4) is 0 Å². The van der Waals surface area contributed by atoms with E-state index in [-0.39, 0.29) is 6.04 Å². The lowest BCUT2D eigenvalue weighted by Crippen LogP contribution is -2.08. The maximum absolute atomic E-state index is 5.71. The third-order valence-electron chi connectivity index (χ3n) is 2.37. The summed E-state index contributed by atoms with van der Waals surface area (Å²) in [4.78, 5) is 4.20. The second-order valence-corrected chi connectivity index (χ2v) is 5.08. The van der Waals surface area contributed by atoms with E-state index in [0.717, 1.165) is 20.7 Å². The number of rotatable bonds is 3. The van der Waals surface area contributed by atoms with Crippen LogP contribution in [0.3, 0.4) is 0 Å². The van der Waals surface area contributed by atoms with Gasteiger partial charge >= 0.3 is 0 Å². The molecule has 17 heavy (non-hydrogen) atoms. The molecular formula is C12H14IN3O. The van der Waals surface area contributed by atoms with Crippen molar-refractivity contribution in [3.63, 3.8) is 0 Å². The first-order valence-electron chi connectivity index (χ1n) is 5.30. The topological polar surface area (TPSA) is 64.1 Å². The fourth-order valence-electron chi connectivity index (χ4n) is 1.52.